The van der Waals surface area contributed by atoms with Crippen LogP contribution in [-0.4, -0.2) is 32.3 Å². The van der Waals surface area contributed by atoms with E-state index in [-0.39, 0.29) is 5.41 Å². The number of hydrogen-bond donors (Lipinski definition) is 3. The van der Waals surface area contributed by atoms with E-state index < -0.39 is 0 Å². The van der Waals surface area contributed by atoms with Gasteiger partial charge >= 0.3 is 0 Å². The zero-order valence-corrected chi connectivity index (χ0v) is 12.5. The topological polar surface area (TPSA) is 71.7 Å². The summed E-state index contributed by atoms with van der Waals surface area (Å²) in [4.78, 5) is 4.46. The fourth-order valence-electron chi connectivity index (χ4n) is 1.18. The van der Waals surface area contributed by atoms with Gasteiger partial charge in [-0.05, 0) is 24.7 Å². The highest BCUT2D eigenvalue weighted by Crippen LogP contribution is 2.25. The Kier molecular flexibility index (Phi) is 8.75. The number of guanidine groups is 1. The molecule has 5 nitrogen and oxygen atoms in total. The number of nitrogens with one attached hydrogen (secondary N) is 2. The van der Waals surface area contributed by atoms with E-state index in [1.165, 1.54) is 0 Å². The molecule has 108 valence electrons. The quantitative estimate of drug-likeness (QED) is 0.213. The van der Waals surface area contributed by atoms with Crippen LogP contribution in [-0.2, 0) is 4.74 Å². The summed E-state index contributed by atoms with van der Waals surface area (Å²) in [5, 5.41) is 3.17. The maximum Gasteiger partial charge on any atom is 0.205 e. The van der Waals surface area contributed by atoms with Gasteiger partial charge in [-0.1, -0.05) is 27.7 Å². The van der Waals surface area contributed by atoms with Crippen LogP contribution in [0.5, 0.6) is 0 Å². The van der Waals surface area contributed by atoms with Crippen molar-refractivity contribution in [3.63, 3.8) is 0 Å². The van der Waals surface area contributed by atoms with Gasteiger partial charge in [0.15, 0.2) is 0 Å². The molecule has 0 aliphatic rings. The van der Waals surface area contributed by atoms with Crippen LogP contribution >= 0.6 is 0 Å². The molecule has 0 saturated heterocycles. The minimum Gasteiger partial charge on any atom is -0.382 e. The van der Waals surface area contributed by atoms with Crippen molar-refractivity contribution in [3.8, 4) is 0 Å². The van der Waals surface area contributed by atoms with Crippen LogP contribution in [0.4, 0.5) is 0 Å². The van der Waals surface area contributed by atoms with Crippen LogP contribution in [0.15, 0.2) is 4.99 Å². The minimum atomic E-state index is 0.262. The molecule has 0 fully saturated rings. The Morgan fingerprint density at radius 2 is 2.06 bits per heavy atom. The molecular weight excluding hydrogens is 228 g/mol. The fourth-order valence-corrected chi connectivity index (χ4v) is 1.18. The average molecular weight is 258 g/mol. The molecule has 0 aromatic carbocycles. The van der Waals surface area contributed by atoms with Crippen molar-refractivity contribution in [3.05, 3.63) is 0 Å². The zero-order valence-electron chi connectivity index (χ0n) is 12.5. The molecular formula is C13H30N4O. The molecule has 5 heteroatoms. The Labute approximate surface area is 112 Å². The number of nitrogens with zero attached hydrogens (tertiary/aromatic N) is 1. The molecule has 0 amide bonds. The molecule has 0 aliphatic carbocycles. The minimum absolute atomic E-state index is 0.262. The summed E-state index contributed by atoms with van der Waals surface area (Å²) in [7, 11) is 0. The van der Waals surface area contributed by atoms with E-state index in [4.69, 9.17) is 10.6 Å². The molecule has 0 bridgehead atoms. The number of nitrogens with two attached hydrogens (primary N) is 1. The molecule has 0 rings (SSSR count). The van der Waals surface area contributed by atoms with E-state index in [1.807, 2.05) is 6.92 Å². The van der Waals surface area contributed by atoms with Gasteiger partial charge in [0.25, 0.3) is 0 Å². The summed E-state index contributed by atoms with van der Waals surface area (Å²) in [6, 6.07) is 0. The van der Waals surface area contributed by atoms with E-state index in [2.05, 4.69) is 43.4 Å². The van der Waals surface area contributed by atoms with Gasteiger partial charge in [0, 0.05) is 26.3 Å². The summed E-state index contributed by atoms with van der Waals surface area (Å²) in [5.41, 5.74) is 2.86. The van der Waals surface area contributed by atoms with Crippen molar-refractivity contribution < 1.29 is 4.74 Å². The molecule has 0 heterocycles. The molecule has 0 aromatic rings. The first kappa shape index (κ1) is 17.2. The predicted octanol–water partition coefficient (Wildman–Crippen LogP) is 1.50. The number of hydrogen-bond acceptors (Lipinski definition) is 3. The maximum atomic E-state index is 5.43. The van der Waals surface area contributed by atoms with E-state index in [1.54, 1.807) is 0 Å². The zero-order chi connectivity index (χ0) is 14.0. The van der Waals surface area contributed by atoms with Crippen LogP contribution in [0.1, 0.15) is 41.0 Å². The first-order chi connectivity index (χ1) is 8.41. The normalized spacial score (nSPS) is 14.4. The Bertz CT molecular complexity index is 236. The highest BCUT2D eigenvalue weighted by molar-refractivity contribution is 5.79. The summed E-state index contributed by atoms with van der Waals surface area (Å²) in [6.45, 7) is 14.0. The van der Waals surface area contributed by atoms with Gasteiger partial charge in [0.1, 0.15) is 0 Å². The number of hydrazine groups is 1. The largest absolute Gasteiger partial charge is 0.382 e. The lowest BCUT2D eigenvalue weighted by atomic mass is 9.82. The summed E-state index contributed by atoms with van der Waals surface area (Å²) >= 11 is 0. The highest BCUT2D eigenvalue weighted by atomic mass is 16.5. The molecule has 0 aromatic heterocycles. The lowest BCUT2D eigenvalue weighted by Crippen LogP contribution is -2.42. The molecule has 18 heavy (non-hydrogen) atoms. The van der Waals surface area contributed by atoms with E-state index >= 15 is 0 Å². The van der Waals surface area contributed by atoms with Crippen LogP contribution in [0.2, 0.25) is 0 Å². The molecule has 4 N–H and O–H groups in total. The third kappa shape index (κ3) is 8.31. The average Bonchev–Trinajstić information content (AvgIpc) is 2.31. The Morgan fingerprint density at radius 1 is 1.39 bits per heavy atom. The fraction of sp³-hybridized carbons (Fsp3) is 0.923. The molecule has 0 aliphatic heterocycles. The molecule has 0 radical (unpaired) electrons. The number of aliphatic imine (C=N–C) groups is 1. The molecule has 0 spiro atoms. The number of ether oxygens (including phenoxy) is 1. The molecule has 1 atom stereocenters. The Balaban J connectivity index is 3.93. The van der Waals surface area contributed by atoms with Crippen molar-refractivity contribution in [2.75, 3.05) is 26.3 Å². The van der Waals surface area contributed by atoms with Crippen molar-refractivity contribution in [2.45, 2.75) is 41.0 Å². The van der Waals surface area contributed by atoms with E-state index in [0.717, 1.165) is 32.7 Å². The standard InChI is InChI=1S/C13H30N4O/c1-6-18-9-7-8-15-12(17-14)16-10-11(2)13(3,4)5/h11H,6-10,14H2,1-5H3,(H2,15,16,17). The van der Waals surface area contributed by atoms with Gasteiger partial charge in [-0.25, -0.2) is 5.84 Å². The van der Waals surface area contributed by atoms with E-state index in [9.17, 15) is 0 Å². The van der Waals surface area contributed by atoms with E-state index in [0.29, 0.717) is 11.9 Å². The van der Waals surface area contributed by atoms with Gasteiger partial charge in [0.2, 0.25) is 5.96 Å². The third-order valence-electron chi connectivity index (χ3n) is 3.10. The molecule has 0 saturated carbocycles. The predicted molar refractivity (Wildman–Crippen MR) is 77.4 cm³/mol. The summed E-state index contributed by atoms with van der Waals surface area (Å²) < 4.78 is 5.26. The smallest absolute Gasteiger partial charge is 0.205 e. The van der Waals surface area contributed by atoms with Gasteiger partial charge in [-0.3, -0.25) is 10.4 Å². The Morgan fingerprint density at radius 3 is 2.56 bits per heavy atom. The maximum absolute atomic E-state index is 5.43. The van der Waals surface area contributed by atoms with Gasteiger partial charge < -0.3 is 10.1 Å². The second-order valence-corrected chi connectivity index (χ2v) is 5.58. The van der Waals surface area contributed by atoms with Gasteiger partial charge in [-0.15, -0.1) is 0 Å². The van der Waals surface area contributed by atoms with Gasteiger partial charge in [0.05, 0.1) is 0 Å². The number of rotatable bonds is 7. The first-order valence-electron chi connectivity index (χ1n) is 6.74. The Hall–Kier alpha value is -0.810. The summed E-state index contributed by atoms with van der Waals surface area (Å²) in [6.07, 6.45) is 0.948. The lowest BCUT2D eigenvalue weighted by molar-refractivity contribution is 0.145. The van der Waals surface area contributed by atoms with Crippen molar-refractivity contribution in [2.24, 2.45) is 22.2 Å². The van der Waals surface area contributed by atoms with Crippen LogP contribution < -0.4 is 16.6 Å². The second-order valence-electron chi connectivity index (χ2n) is 5.58. The van der Waals surface area contributed by atoms with Gasteiger partial charge in [-0.2, -0.15) is 0 Å². The van der Waals surface area contributed by atoms with Crippen molar-refractivity contribution in [1.82, 2.24) is 10.7 Å². The third-order valence-corrected chi connectivity index (χ3v) is 3.10. The van der Waals surface area contributed by atoms with Crippen molar-refractivity contribution >= 4 is 5.96 Å². The first-order valence-corrected chi connectivity index (χ1v) is 6.74. The monoisotopic (exact) mass is 258 g/mol. The SMILES string of the molecule is CCOCCCNC(=NCC(C)C(C)(C)C)NN. The van der Waals surface area contributed by atoms with Crippen LogP contribution in [0, 0.1) is 11.3 Å². The van der Waals surface area contributed by atoms with Crippen LogP contribution in [0.3, 0.4) is 0 Å². The second kappa shape index (κ2) is 9.16. The van der Waals surface area contributed by atoms with Crippen molar-refractivity contribution in [1.29, 1.82) is 0 Å². The highest BCUT2D eigenvalue weighted by Gasteiger charge is 2.19. The summed E-state index contributed by atoms with van der Waals surface area (Å²) in [5.74, 6) is 6.60. The molecule has 1 unspecified atom stereocenters. The lowest BCUT2D eigenvalue weighted by Gasteiger charge is -2.25. The van der Waals surface area contributed by atoms with Crippen LogP contribution in [0.25, 0.3) is 0 Å².